The average molecular weight is 258 g/mol. The first-order chi connectivity index (χ1) is 7.61. The summed E-state index contributed by atoms with van der Waals surface area (Å²) in [4.78, 5) is 0. The van der Waals surface area contributed by atoms with Gasteiger partial charge in [-0.3, -0.25) is 0 Å². The third-order valence-electron chi connectivity index (χ3n) is 3.20. The summed E-state index contributed by atoms with van der Waals surface area (Å²) in [5.74, 6) is 1.19. The Morgan fingerprint density at radius 3 is 1.89 bits per heavy atom. The van der Waals surface area contributed by atoms with Crippen molar-refractivity contribution in [1.29, 1.82) is 0 Å². The molecular weight excluding hydrogens is 238 g/mol. The van der Waals surface area contributed by atoms with Crippen molar-refractivity contribution in [2.45, 2.75) is 39.5 Å². The molecule has 0 aliphatic carbocycles. The quantitative estimate of drug-likeness (QED) is 0.612. The zero-order chi connectivity index (χ0) is 11.7. The van der Waals surface area contributed by atoms with Crippen LogP contribution in [0.15, 0.2) is 36.4 Å². The van der Waals surface area contributed by atoms with Crippen LogP contribution >= 0.6 is 0 Å². The largest absolute Gasteiger partial charge is 1.00 e. The molecule has 0 amide bonds. The second-order valence-electron chi connectivity index (χ2n) is 5.10. The first-order valence-corrected chi connectivity index (χ1v) is 6.12. The van der Waals surface area contributed by atoms with E-state index in [9.17, 15) is 0 Å². The van der Waals surface area contributed by atoms with Crippen LogP contribution in [0.5, 0.6) is 0 Å². The molecule has 0 spiro atoms. The second kappa shape index (κ2) is 8.09. The molecule has 2 heteroatoms. The van der Waals surface area contributed by atoms with Crippen LogP contribution in [0.2, 0.25) is 0 Å². The van der Waals surface area contributed by atoms with E-state index in [4.69, 9.17) is 0 Å². The Bertz CT molecular complexity index is 501. The van der Waals surface area contributed by atoms with Gasteiger partial charge in [-0.1, -0.05) is 64.1 Å². The fourth-order valence-corrected chi connectivity index (χ4v) is 2.46. The van der Waals surface area contributed by atoms with E-state index >= 15 is 0 Å². The van der Waals surface area contributed by atoms with Crippen LogP contribution in [0.4, 0.5) is 0 Å². The van der Waals surface area contributed by atoms with Crippen LogP contribution in [-0.4, -0.2) is 0 Å². The number of benzene rings is 2. The van der Waals surface area contributed by atoms with Gasteiger partial charge in [0.2, 0.25) is 0 Å². The van der Waals surface area contributed by atoms with Gasteiger partial charge in [0, 0.05) is 0 Å². The molecule has 0 aliphatic heterocycles. The predicted molar refractivity (Wildman–Crippen MR) is 72.1 cm³/mol. The molecule has 0 fully saturated rings. The van der Waals surface area contributed by atoms with E-state index in [1.807, 2.05) is 0 Å². The van der Waals surface area contributed by atoms with Crippen LogP contribution in [0.3, 0.4) is 0 Å². The molecule has 0 saturated carbocycles. The summed E-state index contributed by atoms with van der Waals surface area (Å²) in [7, 11) is 0. The van der Waals surface area contributed by atoms with E-state index < -0.39 is 0 Å². The molecule has 2 aromatic rings. The van der Waals surface area contributed by atoms with E-state index in [1.54, 1.807) is 0 Å². The van der Waals surface area contributed by atoms with E-state index in [0.717, 1.165) is 0 Å². The molecule has 18 heavy (non-hydrogen) atoms. The third kappa shape index (κ3) is 3.85. The van der Waals surface area contributed by atoms with Crippen LogP contribution in [0, 0.1) is 0 Å². The Labute approximate surface area is 155 Å². The van der Waals surface area contributed by atoms with Crippen molar-refractivity contribution in [2.75, 3.05) is 0 Å². The van der Waals surface area contributed by atoms with Gasteiger partial charge < -0.3 is 0 Å². The van der Waals surface area contributed by atoms with Gasteiger partial charge in [0.05, 0.1) is 0 Å². The smallest absolute Gasteiger partial charge is 0.0616 e. The van der Waals surface area contributed by atoms with Gasteiger partial charge in [-0.2, -0.15) is 0 Å². The van der Waals surface area contributed by atoms with Crippen molar-refractivity contribution in [1.82, 2.24) is 0 Å². The summed E-state index contributed by atoms with van der Waals surface area (Å²) >= 11 is 0. The van der Waals surface area contributed by atoms with Gasteiger partial charge in [-0.25, -0.2) is 0 Å². The maximum Gasteiger partial charge on any atom is 1.00 e. The van der Waals surface area contributed by atoms with Gasteiger partial charge in [0.1, 0.15) is 0 Å². The summed E-state index contributed by atoms with van der Waals surface area (Å²) in [6.45, 7) is 9.12. The van der Waals surface area contributed by atoms with Crippen molar-refractivity contribution >= 4 is 10.8 Å². The van der Waals surface area contributed by atoms with Crippen LogP contribution in [0.25, 0.3) is 10.8 Å². The molecule has 0 radical (unpaired) electrons. The molecular formula is C16H20Na2+2. The third-order valence-corrected chi connectivity index (χ3v) is 3.20. The van der Waals surface area contributed by atoms with Crippen molar-refractivity contribution in [2.24, 2.45) is 0 Å². The topological polar surface area (TPSA) is 0 Å². The summed E-state index contributed by atoms with van der Waals surface area (Å²) in [5, 5.41) is 2.78. The SMILES string of the molecule is CC(C)c1ccc2ccccc2c1C(C)C.[Na+].[Na+]. The van der Waals surface area contributed by atoms with Gasteiger partial charge in [0.25, 0.3) is 0 Å². The first kappa shape index (κ1) is 18.7. The molecule has 0 N–H and O–H groups in total. The molecule has 0 saturated heterocycles. The van der Waals surface area contributed by atoms with Gasteiger partial charge in [0.15, 0.2) is 0 Å². The minimum Gasteiger partial charge on any atom is -0.0616 e. The Balaban J connectivity index is 0.00000144. The molecule has 2 rings (SSSR count). The predicted octanol–water partition coefficient (Wildman–Crippen LogP) is -0.905. The number of hydrogen-bond acceptors (Lipinski definition) is 0. The molecule has 0 unspecified atom stereocenters. The number of rotatable bonds is 2. The van der Waals surface area contributed by atoms with E-state index in [1.165, 1.54) is 21.9 Å². The van der Waals surface area contributed by atoms with Crippen molar-refractivity contribution in [3.05, 3.63) is 47.5 Å². The molecule has 0 heterocycles. The van der Waals surface area contributed by atoms with E-state index in [0.29, 0.717) is 11.8 Å². The Morgan fingerprint density at radius 2 is 1.33 bits per heavy atom. The maximum atomic E-state index is 2.29. The molecule has 0 atom stereocenters. The van der Waals surface area contributed by atoms with Gasteiger partial charge in [-0.05, 0) is 33.7 Å². The van der Waals surface area contributed by atoms with Crippen molar-refractivity contribution in [3.63, 3.8) is 0 Å². The van der Waals surface area contributed by atoms with Crippen LogP contribution in [-0.2, 0) is 0 Å². The van der Waals surface area contributed by atoms with Crippen LogP contribution < -0.4 is 59.1 Å². The molecule has 2 aromatic carbocycles. The van der Waals surface area contributed by atoms with Gasteiger partial charge in [-0.15, -0.1) is 0 Å². The number of fused-ring (bicyclic) bond motifs is 1. The maximum absolute atomic E-state index is 2.29. The Morgan fingerprint density at radius 1 is 0.722 bits per heavy atom. The second-order valence-corrected chi connectivity index (χ2v) is 5.10. The number of hydrogen-bond donors (Lipinski definition) is 0. The van der Waals surface area contributed by atoms with E-state index in [2.05, 4.69) is 64.1 Å². The fraction of sp³-hybridized carbons (Fsp3) is 0.375. The molecule has 0 aromatic heterocycles. The summed E-state index contributed by atoms with van der Waals surface area (Å²) < 4.78 is 0. The zero-order valence-electron chi connectivity index (χ0n) is 12.6. The molecule has 84 valence electrons. The minimum atomic E-state index is 0. The minimum absolute atomic E-state index is 0. The Hall–Kier alpha value is 0.700. The van der Waals surface area contributed by atoms with Gasteiger partial charge >= 0.3 is 59.1 Å². The standard InChI is InChI=1S/C16H20.2Na/c1-11(2)14-10-9-13-7-5-6-8-15(13)16(14)12(3)4;;/h5-12H,1-4H3;;/q;2*+1. The first-order valence-electron chi connectivity index (χ1n) is 6.12. The zero-order valence-corrected chi connectivity index (χ0v) is 16.6. The average Bonchev–Trinajstić information content (AvgIpc) is 2.27. The summed E-state index contributed by atoms with van der Waals surface area (Å²) in [5.41, 5.74) is 3.02. The Kier molecular flexibility index (Phi) is 8.41. The van der Waals surface area contributed by atoms with Crippen molar-refractivity contribution < 1.29 is 59.1 Å². The van der Waals surface area contributed by atoms with Crippen LogP contribution in [0.1, 0.15) is 50.7 Å². The molecule has 0 aliphatic rings. The fourth-order valence-electron chi connectivity index (χ4n) is 2.46. The van der Waals surface area contributed by atoms with E-state index in [-0.39, 0.29) is 59.1 Å². The summed E-state index contributed by atoms with van der Waals surface area (Å²) in [6.07, 6.45) is 0. The molecule has 0 bridgehead atoms. The molecule has 0 nitrogen and oxygen atoms in total. The normalized spacial score (nSPS) is 10.3. The summed E-state index contributed by atoms with van der Waals surface area (Å²) in [6, 6.07) is 13.2. The van der Waals surface area contributed by atoms with Crippen molar-refractivity contribution in [3.8, 4) is 0 Å². The monoisotopic (exact) mass is 258 g/mol.